The zero-order chi connectivity index (χ0) is 13.5. The quantitative estimate of drug-likeness (QED) is 0.665. The number of nitrogens with one attached hydrogen (secondary N) is 1. The molecule has 17 heavy (non-hydrogen) atoms. The molecule has 2 unspecified atom stereocenters. The molecule has 0 aromatic rings. The second kappa shape index (κ2) is 8.10. The van der Waals surface area contributed by atoms with Crippen LogP contribution in [0, 0.1) is 5.92 Å². The van der Waals surface area contributed by atoms with Gasteiger partial charge in [-0.1, -0.05) is 41.0 Å². The standard InChI is InChI=1S/C15H34N2/c1-8-12-16-14(13(5)9-2)15(6,7)17(10-3)11-4/h13-14,16H,8-12H2,1-7H3. The third kappa shape index (κ3) is 4.59. The van der Waals surface area contributed by atoms with Crippen LogP contribution in [0.5, 0.6) is 0 Å². The first-order valence-corrected chi connectivity index (χ1v) is 7.43. The normalized spacial score (nSPS) is 16.2. The molecule has 0 rings (SSSR count). The molecule has 0 radical (unpaired) electrons. The van der Waals surface area contributed by atoms with Crippen LogP contribution in [-0.2, 0) is 0 Å². The highest BCUT2D eigenvalue weighted by Gasteiger charge is 2.36. The van der Waals surface area contributed by atoms with Crippen LogP contribution in [0.2, 0.25) is 0 Å². The minimum atomic E-state index is 0.230. The molecule has 0 fully saturated rings. The Bertz CT molecular complexity index is 185. The predicted octanol–water partition coefficient (Wildman–Crippen LogP) is 3.52. The smallest absolute Gasteiger partial charge is 0.0308 e. The average Bonchev–Trinajstić information content (AvgIpc) is 2.30. The zero-order valence-corrected chi connectivity index (χ0v) is 13.1. The summed E-state index contributed by atoms with van der Waals surface area (Å²) >= 11 is 0. The number of rotatable bonds is 9. The van der Waals surface area contributed by atoms with Gasteiger partial charge in [-0.15, -0.1) is 0 Å². The van der Waals surface area contributed by atoms with Crippen LogP contribution >= 0.6 is 0 Å². The molecule has 0 aliphatic rings. The molecule has 0 spiro atoms. The van der Waals surface area contributed by atoms with Crippen molar-refractivity contribution in [2.45, 2.75) is 72.9 Å². The predicted molar refractivity (Wildman–Crippen MR) is 78.5 cm³/mol. The third-order valence-corrected chi connectivity index (χ3v) is 4.17. The van der Waals surface area contributed by atoms with E-state index < -0.39 is 0 Å². The van der Waals surface area contributed by atoms with E-state index >= 15 is 0 Å². The van der Waals surface area contributed by atoms with E-state index in [0.29, 0.717) is 6.04 Å². The fourth-order valence-corrected chi connectivity index (χ4v) is 2.92. The van der Waals surface area contributed by atoms with E-state index in [-0.39, 0.29) is 5.54 Å². The van der Waals surface area contributed by atoms with Gasteiger partial charge < -0.3 is 5.32 Å². The third-order valence-electron chi connectivity index (χ3n) is 4.17. The molecule has 1 N–H and O–H groups in total. The lowest BCUT2D eigenvalue weighted by molar-refractivity contribution is 0.0673. The summed E-state index contributed by atoms with van der Waals surface area (Å²) in [6.07, 6.45) is 2.45. The van der Waals surface area contributed by atoms with Crippen molar-refractivity contribution >= 4 is 0 Å². The van der Waals surface area contributed by atoms with Gasteiger partial charge in [-0.25, -0.2) is 0 Å². The summed E-state index contributed by atoms with van der Waals surface area (Å²) in [5.41, 5.74) is 0.230. The number of hydrogen-bond donors (Lipinski definition) is 1. The Morgan fingerprint density at radius 3 is 1.94 bits per heavy atom. The lowest BCUT2D eigenvalue weighted by Crippen LogP contribution is -2.60. The summed E-state index contributed by atoms with van der Waals surface area (Å²) in [4.78, 5) is 2.58. The zero-order valence-electron chi connectivity index (χ0n) is 13.1. The molecular weight excluding hydrogens is 208 g/mol. The van der Waals surface area contributed by atoms with E-state index in [2.05, 4.69) is 58.7 Å². The molecule has 0 aromatic carbocycles. The molecule has 2 atom stereocenters. The van der Waals surface area contributed by atoms with Gasteiger partial charge in [0.05, 0.1) is 0 Å². The molecule has 0 saturated heterocycles. The van der Waals surface area contributed by atoms with Crippen LogP contribution in [0.4, 0.5) is 0 Å². The number of likely N-dealkylation sites (N-methyl/N-ethyl adjacent to an activating group) is 1. The maximum absolute atomic E-state index is 3.77. The average molecular weight is 242 g/mol. The molecule has 0 bridgehead atoms. The van der Waals surface area contributed by atoms with Gasteiger partial charge >= 0.3 is 0 Å². The first kappa shape index (κ1) is 16.9. The van der Waals surface area contributed by atoms with Gasteiger partial charge in [-0.3, -0.25) is 4.90 Å². The molecule has 0 aliphatic heterocycles. The Hall–Kier alpha value is -0.0800. The van der Waals surface area contributed by atoms with E-state index in [0.717, 1.165) is 25.6 Å². The van der Waals surface area contributed by atoms with E-state index in [9.17, 15) is 0 Å². The van der Waals surface area contributed by atoms with Crippen molar-refractivity contribution in [2.24, 2.45) is 5.92 Å². The van der Waals surface area contributed by atoms with Crippen LogP contribution < -0.4 is 5.32 Å². The monoisotopic (exact) mass is 242 g/mol. The second-order valence-corrected chi connectivity index (χ2v) is 5.64. The van der Waals surface area contributed by atoms with E-state index in [4.69, 9.17) is 0 Å². The summed E-state index contributed by atoms with van der Waals surface area (Å²) in [6, 6.07) is 0.576. The lowest BCUT2D eigenvalue weighted by atomic mass is 9.82. The Labute approximate surface area is 109 Å². The molecule has 2 nitrogen and oxygen atoms in total. The van der Waals surface area contributed by atoms with Crippen molar-refractivity contribution < 1.29 is 0 Å². The van der Waals surface area contributed by atoms with Gasteiger partial charge in [-0.2, -0.15) is 0 Å². The van der Waals surface area contributed by atoms with Gasteiger partial charge in [0.15, 0.2) is 0 Å². The van der Waals surface area contributed by atoms with Gasteiger partial charge in [0, 0.05) is 11.6 Å². The van der Waals surface area contributed by atoms with Crippen molar-refractivity contribution in [3.05, 3.63) is 0 Å². The first-order valence-electron chi connectivity index (χ1n) is 7.43. The summed E-state index contributed by atoms with van der Waals surface area (Å²) in [6.45, 7) is 19.6. The molecule has 0 saturated carbocycles. The summed E-state index contributed by atoms with van der Waals surface area (Å²) in [7, 11) is 0. The SMILES string of the molecule is CCCNC(C(C)CC)C(C)(C)N(CC)CC. The number of nitrogens with zero attached hydrogens (tertiary/aromatic N) is 1. The molecule has 0 amide bonds. The summed E-state index contributed by atoms with van der Waals surface area (Å²) in [5, 5.41) is 3.77. The van der Waals surface area contributed by atoms with E-state index in [1.807, 2.05) is 0 Å². The topological polar surface area (TPSA) is 15.3 Å². The lowest BCUT2D eigenvalue weighted by Gasteiger charge is -2.46. The first-order chi connectivity index (χ1) is 7.95. The second-order valence-electron chi connectivity index (χ2n) is 5.64. The fourth-order valence-electron chi connectivity index (χ4n) is 2.92. The molecule has 0 aliphatic carbocycles. The van der Waals surface area contributed by atoms with Gasteiger partial charge in [0.1, 0.15) is 0 Å². The summed E-state index contributed by atoms with van der Waals surface area (Å²) < 4.78 is 0. The van der Waals surface area contributed by atoms with Crippen LogP contribution in [-0.4, -0.2) is 36.1 Å². The van der Waals surface area contributed by atoms with Gasteiger partial charge in [0.2, 0.25) is 0 Å². The maximum Gasteiger partial charge on any atom is 0.0308 e. The van der Waals surface area contributed by atoms with Crippen molar-refractivity contribution in [2.75, 3.05) is 19.6 Å². The van der Waals surface area contributed by atoms with Crippen molar-refractivity contribution in [1.29, 1.82) is 0 Å². The molecule has 0 aromatic heterocycles. The summed E-state index contributed by atoms with van der Waals surface area (Å²) in [5.74, 6) is 0.720. The largest absolute Gasteiger partial charge is 0.312 e. The Morgan fingerprint density at radius 1 is 1.06 bits per heavy atom. The van der Waals surface area contributed by atoms with Crippen LogP contribution in [0.15, 0.2) is 0 Å². The molecule has 104 valence electrons. The Balaban J connectivity index is 4.85. The van der Waals surface area contributed by atoms with E-state index in [1.54, 1.807) is 0 Å². The minimum absolute atomic E-state index is 0.230. The van der Waals surface area contributed by atoms with Crippen LogP contribution in [0.3, 0.4) is 0 Å². The molecular formula is C15H34N2. The maximum atomic E-state index is 3.77. The minimum Gasteiger partial charge on any atom is -0.312 e. The molecule has 2 heteroatoms. The molecule has 0 heterocycles. The van der Waals surface area contributed by atoms with Gasteiger partial charge in [-0.05, 0) is 45.8 Å². The highest BCUT2D eigenvalue weighted by Crippen LogP contribution is 2.25. The van der Waals surface area contributed by atoms with Gasteiger partial charge in [0.25, 0.3) is 0 Å². The van der Waals surface area contributed by atoms with Crippen molar-refractivity contribution in [3.8, 4) is 0 Å². The van der Waals surface area contributed by atoms with Crippen LogP contribution in [0.1, 0.15) is 61.3 Å². The highest BCUT2D eigenvalue weighted by molar-refractivity contribution is 4.95. The van der Waals surface area contributed by atoms with Crippen LogP contribution in [0.25, 0.3) is 0 Å². The van der Waals surface area contributed by atoms with Crippen molar-refractivity contribution in [3.63, 3.8) is 0 Å². The van der Waals surface area contributed by atoms with E-state index in [1.165, 1.54) is 12.8 Å². The Morgan fingerprint density at radius 2 is 1.59 bits per heavy atom. The highest BCUT2D eigenvalue weighted by atomic mass is 15.2. The number of hydrogen-bond acceptors (Lipinski definition) is 2. The fraction of sp³-hybridized carbons (Fsp3) is 1.00. The van der Waals surface area contributed by atoms with Crippen molar-refractivity contribution in [1.82, 2.24) is 10.2 Å². The Kier molecular flexibility index (Phi) is 8.06.